The van der Waals surface area contributed by atoms with Crippen LogP contribution >= 0.6 is 11.8 Å². The SMILES string of the molecule is C=C(SCC)c1ccc(OC2=CC(c3ccc(OC(F)(F)F)cc3)ON2)cn1. The van der Waals surface area contributed by atoms with Gasteiger partial charge in [-0.1, -0.05) is 25.6 Å². The van der Waals surface area contributed by atoms with E-state index in [9.17, 15) is 13.2 Å². The smallest absolute Gasteiger partial charge is 0.438 e. The first-order valence-corrected chi connectivity index (χ1v) is 9.28. The zero-order valence-electron chi connectivity index (χ0n) is 14.8. The number of nitrogens with zero attached hydrogens (tertiary/aromatic N) is 1. The molecule has 0 spiro atoms. The molecule has 148 valence electrons. The van der Waals surface area contributed by atoms with Crippen molar-refractivity contribution in [3.63, 3.8) is 0 Å². The Labute approximate surface area is 164 Å². The van der Waals surface area contributed by atoms with Crippen molar-refractivity contribution in [1.82, 2.24) is 10.5 Å². The van der Waals surface area contributed by atoms with Gasteiger partial charge in [-0.3, -0.25) is 9.82 Å². The summed E-state index contributed by atoms with van der Waals surface area (Å²) in [6.07, 6.45) is -1.99. The van der Waals surface area contributed by atoms with Crippen LogP contribution in [0.2, 0.25) is 0 Å². The molecule has 1 aliphatic rings. The molecule has 0 fully saturated rings. The van der Waals surface area contributed by atoms with Crippen molar-refractivity contribution < 1.29 is 27.5 Å². The van der Waals surface area contributed by atoms with Gasteiger partial charge in [0.2, 0.25) is 5.88 Å². The standard InChI is InChI=1S/C19H17F3N2O3S/c1-3-28-12(2)16-9-8-15(11-23-16)25-18-10-17(27-24-18)13-4-6-14(7-5-13)26-19(20,21)22/h4-11,17,24H,2-3H2,1H3. The number of hydrogen-bond donors (Lipinski definition) is 1. The van der Waals surface area contributed by atoms with Gasteiger partial charge in [0.15, 0.2) is 0 Å². The molecule has 1 N–H and O–H groups in total. The van der Waals surface area contributed by atoms with Gasteiger partial charge in [-0.25, -0.2) is 5.48 Å². The van der Waals surface area contributed by atoms with E-state index in [2.05, 4.69) is 21.8 Å². The summed E-state index contributed by atoms with van der Waals surface area (Å²) in [5.74, 6) is 1.49. The average Bonchev–Trinajstić information content (AvgIpc) is 3.10. The molecule has 0 radical (unpaired) electrons. The maximum Gasteiger partial charge on any atom is 0.573 e. The summed E-state index contributed by atoms with van der Waals surface area (Å²) in [7, 11) is 0. The van der Waals surface area contributed by atoms with Crippen LogP contribution in [0.25, 0.3) is 4.91 Å². The van der Waals surface area contributed by atoms with Gasteiger partial charge in [-0.15, -0.1) is 24.9 Å². The van der Waals surface area contributed by atoms with Crippen LogP contribution in [0.5, 0.6) is 11.5 Å². The normalized spacial score (nSPS) is 16.3. The van der Waals surface area contributed by atoms with Crippen LogP contribution in [0.1, 0.15) is 24.3 Å². The van der Waals surface area contributed by atoms with Crippen molar-refractivity contribution in [3.05, 3.63) is 72.4 Å². The Morgan fingerprint density at radius 1 is 1.21 bits per heavy atom. The lowest BCUT2D eigenvalue weighted by molar-refractivity contribution is -0.274. The van der Waals surface area contributed by atoms with E-state index in [-0.39, 0.29) is 5.75 Å². The second-order valence-electron chi connectivity index (χ2n) is 5.63. The maximum absolute atomic E-state index is 12.2. The Morgan fingerprint density at radius 2 is 1.93 bits per heavy atom. The molecule has 5 nitrogen and oxygen atoms in total. The van der Waals surface area contributed by atoms with Crippen molar-refractivity contribution in [2.24, 2.45) is 0 Å². The van der Waals surface area contributed by atoms with Crippen LogP contribution in [0, 0.1) is 0 Å². The summed E-state index contributed by atoms with van der Waals surface area (Å²) in [6.45, 7) is 6.00. The monoisotopic (exact) mass is 410 g/mol. The highest BCUT2D eigenvalue weighted by Crippen LogP contribution is 2.29. The van der Waals surface area contributed by atoms with E-state index in [1.807, 2.05) is 13.0 Å². The Bertz CT molecular complexity index is 852. The predicted molar refractivity (Wildman–Crippen MR) is 100 cm³/mol. The van der Waals surface area contributed by atoms with Crippen LogP contribution in [0.15, 0.2) is 61.1 Å². The molecule has 3 rings (SSSR count). The van der Waals surface area contributed by atoms with E-state index in [1.54, 1.807) is 30.1 Å². The number of alkyl halides is 3. The van der Waals surface area contributed by atoms with Crippen LogP contribution < -0.4 is 15.0 Å². The number of aromatic nitrogens is 1. The number of halogens is 3. The molecule has 2 heterocycles. The first kappa shape index (κ1) is 20.1. The highest BCUT2D eigenvalue weighted by Gasteiger charge is 2.31. The Balaban J connectivity index is 1.61. The number of ether oxygens (including phenoxy) is 2. The first-order chi connectivity index (χ1) is 13.3. The molecule has 1 aliphatic heterocycles. The van der Waals surface area contributed by atoms with Gasteiger partial charge in [0.25, 0.3) is 0 Å². The summed E-state index contributed by atoms with van der Waals surface area (Å²) < 4.78 is 46.2. The number of rotatable bonds is 7. The summed E-state index contributed by atoms with van der Waals surface area (Å²) in [5.41, 5.74) is 4.06. The molecule has 1 aromatic heterocycles. The molecule has 1 unspecified atom stereocenters. The summed E-state index contributed by atoms with van der Waals surface area (Å²) in [5, 5.41) is 0. The molecular weight excluding hydrogens is 393 g/mol. The van der Waals surface area contributed by atoms with E-state index >= 15 is 0 Å². The molecule has 1 atom stereocenters. The zero-order valence-corrected chi connectivity index (χ0v) is 15.6. The van der Waals surface area contributed by atoms with Crippen molar-refractivity contribution in [2.45, 2.75) is 19.4 Å². The molecule has 2 aromatic rings. The zero-order chi connectivity index (χ0) is 20.1. The van der Waals surface area contributed by atoms with Crippen LogP contribution in [0.4, 0.5) is 13.2 Å². The van der Waals surface area contributed by atoms with Gasteiger partial charge in [-0.05, 0) is 35.6 Å². The van der Waals surface area contributed by atoms with Crippen molar-refractivity contribution in [2.75, 3.05) is 5.75 Å². The topological polar surface area (TPSA) is 52.6 Å². The number of nitrogens with one attached hydrogen (secondary N) is 1. The predicted octanol–water partition coefficient (Wildman–Crippen LogP) is 5.20. The molecule has 9 heteroatoms. The van der Waals surface area contributed by atoms with Crippen molar-refractivity contribution in [1.29, 1.82) is 0 Å². The van der Waals surface area contributed by atoms with E-state index in [0.717, 1.165) is 16.4 Å². The van der Waals surface area contributed by atoms with E-state index < -0.39 is 12.5 Å². The molecule has 28 heavy (non-hydrogen) atoms. The highest BCUT2D eigenvalue weighted by molar-refractivity contribution is 8.08. The minimum atomic E-state index is -4.72. The molecule has 1 aromatic carbocycles. The Hall–Kier alpha value is -2.65. The lowest BCUT2D eigenvalue weighted by Crippen LogP contribution is -2.17. The third-order valence-corrected chi connectivity index (χ3v) is 4.45. The van der Waals surface area contributed by atoms with Crippen LogP contribution in [-0.2, 0) is 4.84 Å². The number of hydroxylamine groups is 1. The molecular formula is C19H17F3N2O3S. The minimum absolute atomic E-state index is 0.295. The molecule has 0 saturated carbocycles. The molecule has 0 bridgehead atoms. The van der Waals surface area contributed by atoms with Crippen molar-refractivity contribution in [3.8, 4) is 11.5 Å². The van der Waals surface area contributed by atoms with Crippen LogP contribution in [0.3, 0.4) is 0 Å². The Kier molecular flexibility index (Phi) is 6.15. The molecule has 0 amide bonds. The summed E-state index contributed by atoms with van der Waals surface area (Å²) in [6, 6.07) is 9.00. The number of benzene rings is 1. The van der Waals surface area contributed by atoms with E-state index in [0.29, 0.717) is 17.2 Å². The van der Waals surface area contributed by atoms with E-state index in [4.69, 9.17) is 9.57 Å². The minimum Gasteiger partial charge on any atom is -0.438 e. The van der Waals surface area contributed by atoms with Crippen LogP contribution in [-0.4, -0.2) is 17.1 Å². The second kappa shape index (κ2) is 8.57. The highest BCUT2D eigenvalue weighted by atomic mass is 32.2. The number of pyridine rings is 1. The van der Waals surface area contributed by atoms with Gasteiger partial charge < -0.3 is 9.47 Å². The second-order valence-corrected chi connectivity index (χ2v) is 6.98. The maximum atomic E-state index is 12.2. The average molecular weight is 410 g/mol. The van der Waals surface area contributed by atoms with Gasteiger partial charge in [0, 0.05) is 11.0 Å². The fraction of sp³-hybridized carbons (Fsp3) is 0.211. The third-order valence-electron chi connectivity index (χ3n) is 3.60. The molecule has 0 saturated heterocycles. The Morgan fingerprint density at radius 3 is 2.54 bits per heavy atom. The van der Waals surface area contributed by atoms with Gasteiger partial charge >= 0.3 is 6.36 Å². The first-order valence-electron chi connectivity index (χ1n) is 8.29. The largest absolute Gasteiger partial charge is 0.573 e. The van der Waals surface area contributed by atoms with Gasteiger partial charge in [0.1, 0.15) is 17.6 Å². The lowest BCUT2D eigenvalue weighted by Gasteiger charge is -2.11. The number of thioether (sulfide) groups is 1. The van der Waals surface area contributed by atoms with Gasteiger partial charge in [-0.2, -0.15) is 0 Å². The summed E-state index contributed by atoms with van der Waals surface area (Å²) in [4.78, 5) is 10.6. The quantitative estimate of drug-likeness (QED) is 0.677. The lowest BCUT2D eigenvalue weighted by atomic mass is 10.1. The summed E-state index contributed by atoms with van der Waals surface area (Å²) >= 11 is 1.61. The van der Waals surface area contributed by atoms with Gasteiger partial charge in [0.05, 0.1) is 11.9 Å². The third kappa shape index (κ3) is 5.43. The molecule has 0 aliphatic carbocycles. The fourth-order valence-electron chi connectivity index (χ4n) is 2.39. The van der Waals surface area contributed by atoms with Crippen molar-refractivity contribution >= 4 is 16.7 Å². The fourth-order valence-corrected chi connectivity index (χ4v) is 3.00. The number of hydrogen-bond acceptors (Lipinski definition) is 6. The van der Waals surface area contributed by atoms with E-state index in [1.165, 1.54) is 24.3 Å².